The summed E-state index contributed by atoms with van der Waals surface area (Å²) in [5.41, 5.74) is -0.124. The van der Waals surface area contributed by atoms with E-state index in [2.05, 4.69) is 11.3 Å². The molecule has 0 saturated heterocycles. The molecular formula is C19H30O7. The van der Waals surface area contributed by atoms with Crippen molar-refractivity contribution in [3.05, 3.63) is 12.2 Å². The largest absolute Gasteiger partial charge is 0.469 e. The van der Waals surface area contributed by atoms with Gasteiger partial charge in [0.25, 0.3) is 0 Å². The standard InChI is InChI=1S/C19H30O7/c1-5-25-17(21)8-9-18(22)26-12-15-14(10-11-19(15,3)23)13(2)6-7-16(20)24-4/h14-15,23H,2,5-12H2,1,3-4H3. The molecule has 148 valence electrons. The molecule has 0 bridgehead atoms. The van der Waals surface area contributed by atoms with Gasteiger partial charge in [-0.05, 0) is 39.0 Å². The molecule has 0 aromatic carbocycles. The lowest BCUT2D eigenvalue weighted by Crippen LogP contribution is -2.36. The Morgan fingerprint density at radius 3 is 2.23 bits per heavy atom. The van der Waals surface area contributed by atoms with E-state index in [0.717, 1.165) is 12.0 Å². The van der Waals surface area contributed by atoms with Gasteiger partial charge in [-0.3, -0.25) is 14.4 Å². The van der Waals surface area contributed by atoms with Crippen LogP contribution in [0.5, 0.6) is 0 Å². The number of aliphatic hydroxyl groups is 1. The molecule has 7 nitrogen and oxygen atoms in total. The third kappa shape index (κ3) is 6.78. The predicted molar refractivity (Wildman–Crippen MR) is 94.1 cm³/mol. The zero-order valence-electron chi connectivity index (χ0n) is 15.9. The maximum atomic E-state index is 11.9. The van der Waals surface area contributed by atoms with E-state index < -0.39 is 17.5 Å². The van der Waals surface area contributed by atoms with E-state index in [1.54, 1.807) is 13.8 Å². The summed E-state index contributed by atoms with van der Waals surface area (Å²) in [4.78, 5) is 34.4. The molecule has 0 aromatic rings. The van der Waals surface area contributed by atoms with E-state index in [1.807, 2.05) is 0 Å². The summed E-state index contributed by atoms with van der Waals surface area (Å²) in [7, 11) is 1.34. The molecule has 1 fully saturated rings. The first-order valence-corrected chi connectivity index (χ1v) is 8.99. The fourth-order valence-electron chi connectivity index (χ4n) is 3.29. The zero-order chi connectivity index (χ0) is 19.7. The van der Waals surface area contributed by atoms with Gasteiger partial charge in [0.15, 0.2) is 0 Å². The Hall–Kier alpha value is -1.89. The minimum atomic E-state index is -0.972. The molecule has 3 atom stereocenters. The van der Waals surface area contributed by atoms with Gasteiger partial charge in [-0.15, -0.1) is 0 Å². The monoisotopic (exact) mass is 370 g/mol. The molecule has 1 aliphatic rings. The quantitative estimate of drug-likeness (QED) is 0.357. The number of hydrogen-bond donors (Lipinski definition) is 1. The predicted octanol–water partition coefficient (Wildman–Crippen LogP) is 2.16. The minimum Gasteiger partial charge on any atom is -0.469 e. The first-order chi connectivity index (χ1) is 12.2. The lowest BCUT2D eigenvalue weighted by Gasteiger charge is -2.30. The molecule has 0 amide bonds. The lowest BCUT2D eigenvalue weighted by molar-refractivity contribution is -0.152. The molecule has 1 N–H and O–H groups in total. The molecule has 1 aliphatic carbocycles. The van der Waals surface area contributed by atoms with Gasteiger partial charge in [0.2, 0.25) is 0 Å². The molecule has 0 spiro atoms. The zero-order valence-corrected chi connectivity index (χ0v) is 15.9. The molecule has 1 saturated carbocycles. The second-order valence-corrected chi connectivity index (χ2v) is 6.83. The van der Waals surface area contributed by atoms with E-state index in [0.29, 0.717) is 12.8 Å². The van der Waals surface area contributed by atoms with E-state index in [-0.39, 0.29) is 50.3 Å². The smallest absolute Gasteiger partial charge is 0.306 e. The Morgan fingerprint density at radius 1 is 1.08 bits per heavy atom. The summed E-state index contributed by atoms with van der Waals surface area (Å²) in [6.07, 6.45) is 1.92. The number of rotatable bonds is 10. The Labute approximate surface area is 154 Å². The minimum absolute atomic E-state index is 0.0248. The second-order valence-electron chi connectivity index (χ2n) is 6.83. The van der Waals surface area contributed by atoms with Gasteiger partial charge in [0.1, 0.15) is 0 Å². The average Bonchev–Trinajstić information content (AvgIpc) is 2.90. The van der Waals surface area contributed by atoms with Crippen LogP contribution in [0.1, 0.15) is 52.4 Å². The first kappa shape index (κ1) is 22.2. The molecule has 1 rings (SSSR count). The van der Waals surface area contributed by atoms with E-state index >= 15 is 0 Å². The van der Waals surface area contributed by atoms with E-state index in [1.165, 1.54) is 7.11 Å². The maximum absolute atomic E-state index is 11.9. The van der Waals surface area contributed by atoms with Crippen LogP contribution in [-0.2, 0) is 28.6 Å². The van der Waals surface area contributed by atoms with Crippen molar-refractivity contribution in [2.24, 2.45) is 11.8 Å². The number of methoxy groups -OCH3 is 1. The van der Waals surface area contributed by atoms with Gasteiger partial charge in [0, 0.05) is 12.3 Å². The fraction of sp³-hybridized carbons (Fsp3) is 0.737. The van der Waals surface area contributed by atoms with Crippen LogP contribution in [0.4, 0.5) is 0 Å². The summed E-state index contributed by atoms with van der Waals surface area (Å²) >= 11 is 0. The average molecular weight is 370 g/mol. The SMILES string of the molecule is C=C(CCC(=O)OC)C1CCC(C)(O)C1COC(=O)CCC(=O)OCC. The van der Waals surface area contributed by atoms with Crippen molar-refractivity contribution in [2.75, 3.05) is 20.3 Å². The van der Waals surface area contributed by atoms with Crippen LogP contribution in [0.3, 0.4) is 0 Å². The number of carbonyl (C=O) groups is 3. The van der Waals surface area contributed by atoms with Crippen LogP contribution < -0.4 is 0 Å². The third-order valence-corrected chi connectivity index (χ3v) is 4.91. The normalized spacial score (nSPS) is 24.8. The van der Waals surface area contributed by atoms with Gasteiger partial charge < -0.3 is 19.3 Å². The molecule has 26 heavy (non-hydrogen) atoms. The Bertz CT molecular complexity index is 524. The van der Waals surface area contributed by atoms with Gasteiger partial charge in [-0.25, -0.2) is 0 Å². The number of esters is 3. The highest BCUT2D eigenvalue weighted by Crippen LogP contribution is 2.44. The lowest BCUT2D eigenvalue weighted by atomic mass is 9.82. The number of carbonyl (C=O) groups excluding carboxylic acids is 3. The molecule has 0 radical (unpaired) electrons. The van der Waals surface area contributed by atoms with Crippen molar-refractivity contribution in [3.63, 3.8) is 0 Å². The van der Waals surface area contributed by atoms with Crippen molar-refractivity contribution in [1.29, 1.82) is 0 Å². The van der Waals surface area contributed by atoms with Crippen LogP contribution in [0.25, 0.3) is 0 Å². The van der Waals surface area contributed by atoms with Gasteiger partial charge >= 0.3 is 17.9 Å². The highest BCUT2D eigenvalue weighted by atomic mass is 16.5. The Kier molecular flexibility index (Phi) is 8.78. The maximum Gasteiger partial charge on any atom is 0.306 e. The van der Waals surface area contributed by atoms with Crippen LogP contribution in [-0.4, -0.2) is 48.9 Å². The van der Waals surface area contributed by atoms with Gasteiger partial charge in [0.05, 0.1) is 38.8 Å². The van der Waals surface area contributed by atoms with Crippen molar-refractivity contribution < 1.29 is 33.7 Å². The summed E-state index contributed by atoms with van der Waals surface area (Å²) < 4.78 is 14.7. The molecule has 7 heteroatoms. The number of ether oxygens (including phenoxy) is 3. The number of allylic oxidation sites excluding steroid dienone is 1. The topological polar surface area (TPSA) is 99.1 Å². The van der Waals surface area contributed by atoms with Gasteiger partial charge in [-0.2, -0.15) is 0 Å². The van der Waals surface area contributed by atoms with Crippen molar-refractivity contribution in [3.8, 4) is 0 Å². The van der Waals surface area contributed by atoms with Crippen LogP contribution in [0.2, 0.25) is 0 Å². The van der Waals surface area contributed by atoms with Gasteiger partial charge in [-0.1, -0.05) is 12.2 Å². The molecule has 0 aromatic heterocycles. The summed E-state index contributed by atoms with van der Waals surface area (Å²) in [5.74, 6) is -1.57. The second kappa shape index (κ2) is 10.3. The summed E-state index contributed by atoms with van der Waals surface area (Å²) in [6, 6.07) is 0. The van der Waals surface area contributed by atoms with Crippen LogP contribution in [0.15, 0.2) is 12.2 Å². The Morgan fingerprint density at radius 2 is 1.65 bits per heavy atom. The van der Waals surface area contributed by atoms with Crippen LogP contribution in [0, 0.1) is 11.8 Å². The highest BCUT2D eigenvalue weighted by molar-refractivity contribution is 5.77. The molecule has 0 aliphatic heterocycles. The highest BCUT2D eigenvalue weighted by Gasteiger charge is 2.45. The number of hydrogen-bond acceptors (Lipinski definition) is 7. The Balaban J connectivity index is 2.54. The summed E-state index contributed by atoms with van der Waals surface area (Å²) in [6.45, 7) is 7.79. The summed E-state index contributed by atoms with van der Waals surface area (Å²) in [5, 5.41) is 10.6. The van der Waals surface area contributed by atoms with Crippen LogP contribution >= 0.6 is 0 Å². The third-order valence-electron chi connectivity index (χ3n) is 4.91. The molecular weight excluding hydrogens is 340 g/mol. The van der Waals surface area contributed by atoms with Crippen molar-refractivity contribution in [2.45, 2.75) is 58.0 Å². The van der Waals surface area contributed by atoms with E-state index in [9.17, 15) is 19.5 Å². The van der Waals surface area contributed by atoms with E-state index in [4.69, 9.17) is 9.47 Å². The molecule has 0 heterocycles. The fourth-order valence-corrected chi connectivity index (χ4v) is 3.29. The first-order valence-electron chi connectivity index (χ1n) is 8.99. The van der Waals surface area contributed by atoms with Crippen molar-refractivity contribution in [1.82, 2.24) is 0 Å². The van der Waals surface area contributed by atoms with Crippen molar-refractivity contribution >= 4 is 17.9 Å². The molecule has 3 unspecified atom stereocenters.